The second-order valence-corrected chi connectivity index (χ2v) is 7.59. The Morgan fingerprint density at radius 1 is 1.11 bits per heavy atom. The first kappa shape index (κ1) is 18.3. The maximum Gasteiger partial charge on any atom is 0.234 e. The summed E-state index contributed by atoms with van der Waals surface area (Å²) in [5.41, 5.74) is 4.02. The van der Waals surface area contributed by atoms with E-state index in [1.165, 1.54) is 11.8 Å². The lowest BCUT2D eigenvalue weighted by atomic mass is 10.2. The molecule has 0 saturated carbocycles. The number of rotatable bonds is 5. The first-order chi connectivity index (χ1) is 13.5. The van der Waals surface area contributed by atoms with Crippen LogP contribution in [0.4, 0.5) is 11.4 Å². The number of anilines is 2. The van der Waals surface area contributed by atoms with Crippen molar-refractivity contribution in [3.8, 4) is 0 Å². The number of carbonyl (C=O) groups excluding carboxylic acids is 1. The molecule has 6 nitrogen and oxygen atoms in total. The van der Waals surface area contributed by atoms with E-state index in [4.69, 9.17) is 4.42 Å². The number of nitrogens with zero attached hydrogens (tertiary/aromatic N) is 3. The molecule has 0 aliphatic heterocycles. The van der Waals surface area contributed by atoms with Gasteiger partial charge >= 0.3 is 0 Å². The number of para-hydroxylation sites is 1. The number of carbonyl (C=O) groups is 1. The Morgan fingerprint density at radius 2 is 1.86 bits per heavy atom. The van der Waals surface area contributed by atoms with Crippen LogP contribution < -0.4 is 10.2 Å². The van der Waals surface area contributed by atoms with Gasteiger partial charge in [-0.1, -0.05) is 23.9 Å². The molecule has 2 aromatic carbocycles. The van der Waals surface area contributed by atoms with Gasteiger partial charge in [0.1, 0.15) is 22.0 Å². The normalized spacial score (nSPS) is 11.1. The van der Waals surface area contributed by atoms with Gasteiger partial charge in [-0.05, 0) is 43.3 Å². The summed E-state index contributed by atoms with van der Waals surface area (Å²) in [6, 6.07) is 15.5. The monoisotopic (exact) mass is 392 g/mol. The quantitative estimate of drug-likeness (QED) is 0.399. The van der Waals surface area contributed by atoms with Gasteiger partial charge in [0.2, 0.25) is 5.91 Å². The predicted octanol–water partition coefficient (Wildman–Crippen LogP) is 4.48. The Kier molecular flexibility index (Phi) is 4.92. The van der Waals surface area contributed by atoms with Crippen molar-refractivity contribution in [2.45, 2.75) is 11.9 Å². The van der Waals surface area contributed by atoms with Crippen molar-refractivity contribution < 1.29 is 9.21 Å². The highest BCUT2D eigenvalue weighted by Gasteiger charge is 2.16. The number of hydrogen-bond acceptors (Lipinski definition) is 6. The minimum atomic E-state index is -0.0943. The predicted molar refractivity (Wildman–Crippen MR) is 114 cm³/mol. The van der Waals surface area contributed by atoms with Crippen molar-refractivity contribution >= 4 is 51.1 Å². The third kappa shape index (κ3) is 3.66. The highest BCUT2D eigenvalue weighted by atomic mass is 32.2. The van der Waals surface area contributed by atoms with Crippen molar-refractivity contribution in [3.05, 3.63) is 54.4 Å². The lowest BCUT2D eigenvalue weighted by molar-refractivity contribution is -0.113. The van der Waals surface area contributed by atoms with Gasteiger partial charge in [0.15, 0.2) is 5.58 Å². The molecule has 0 atom stereocenters. The van der Waals surface area contributed by atoms with Crippen LogP contribution in [0, 0.1) is 6.92 Å². The highest BCUT2D eigenvalue weighted by Crippen LogP contribution is 2.33. The summed E-state index contributed by atoms with van der Waals surface area (Å²) in [6.45, 7) is 1.84. The van der Waals surface area contributed by atoms with E-state index in [1.54, 1.807) is 0 Å². The van der Waals surface area contributed by atoms with Gasteiger partial charge in [0.05, 0.1) is 5.75 Å². The van der Waals surface area contributed by atoms with E-state index in [9.17, 15) is 4.79 Å². The average Bonchev–Trinajstić information content (AvgIpc) is 3.05. The zero-order valence-electron chi connectivity index (χ0n) is 15.9. The maximum atomic E-state index is 12.4. The number of thioether (sulfide) groups is 1. The number of benzene rings is 2. The summed E-state index contributed by atoms with van der Waals surface area (Å²) in [5.74, 6) is 0.794. The molecule has 4 aromatic rings. The van der Waals surface area contributed by atoms with Crippen molar-refractivity contribution in [2.24, 2.45) is 0 Å². The third-order valence-corrected chi connectivity index (χ3v) is 5.26. The molecule has 0 unspecified atom stereocenters. The molecule has 2 heterocycles. The van der Waals surface area contributed by atoms with E-state index in [0.717, 1.165) is 27.9 Å². The number of nitrogens with one attached hydrogen (secondary N) is 1. The summed E-state index contributed by atoms with van der Waals surface area (Å²) in [4.78, 5) is 23.4. The Hall–Kier alpha value is -3.06. The SMILES string of the molecule is Cc1nc(SCC(=O)Nc2ccc(N(C)C)cc2)c2oc3ccccc3c2n1. The number of fused-ring (bicyclic) bond motifs is 3. The van der Waals surface area contributed by atoms with Crippen LogP contribution in [0.3, 0.4) is 0 Å². The van der Waals surface area contributed by atoms with Crippen LogP contribution in [0.25, 0.3) is 22.1 Å². The molecule has 2 aromatic heterocycles. The lowest BCUT2D eigenvalue weighted by Crippen LogP contribution is -2.14. The van der Waals surface area contributed by atoms with Crippen molar-refractivity contribution in [2.75, 3.05) is 30.1 Å². The second kappa shape index (κ2) is 7.52. The van der Waals surface area contributed by atoms with Crippen LogP contribution in [0.1, 0.15) is 5.82 Å². The van der Waals surface area contributed by atoms with Gasteiger partial charge in [0.25, 0.3) is 0 Å². The molecule has 0 aliphatic rings. The van der Waals surface area contributed by atoms with Crippen molar-refractivity contribution in [1.29, 1.82) is 0 Å². The molecule has 1 amide bonds. The topological polar surface area (TPSA) is 71.3 Å². The average molecular weight is 392 g/mol. The van der Waals surface area contributed by atoms with Crippen LogP contribution in [-0.2, 0) is 4.79 Å². The van der Waals surface area contributed by atoms with Crippen molar-refractivity contribution in [3.63, 3.8) is 0 Å². The molecule has 28 heavy (non-hydrogen) atoms. The number of hydrogen-bond donors (Lipinski definition) is 1. The second-order valence-electron chi connectivity index (χ2n) is 6.63. The molecule has 7 heteroatoms. The number of amides is 1. The van der Waals surface area contributed by atoms with Crippen LogP contribution >= 0.6 is 11.8 Å². The Bertz CT molecular complexity index is 1150. The first-order valence-corrected chi connectivity index (χ1v) is 9.86. The zero-order chi connectivity index (χ0) is 19.7. The van der Waals surface area contributed by atoms with E-state index in [1.807, 2.05) is 74.4 Å². The van der Waals surface area contributed by atoms with Crippen molar-refractivity contribution in [1.82, 2.24) is 9.97 Å². The zero-order valence-corrected chi connectivity index (χ0v) is 16.7. The van der Waals surface area contributed by atoms with Gasteiger partial charge in [-0.25, -0.2) is 9.97 Å². The van der Waals surface area contributed by atoms with E-state index in [0.29, 0.717) is 16.4 Å². The van der Waals surface area contributed by atoms with Crippen LogP contribution in [0.2, 0.25) is 0 Å². The molecular formula is C21H20N4O2S. The molecule has 0 fully saturated rings. The first-order valence-electron chi connectivity index (χ1n) is 8.87. The van der Waals surface area contributed by atoms with E-state index < -0.39 is 0 Å². The van der Waals surface area contributed by atoms with Gasteiger partial charge in [-0.3, -0.25) is 4.79 Å². The third-order valence-electron chi connectivity index (χ3n) is 4.31. The maximum absolute atomic E-state index is 12.4. The summed E-state index contributed by atoms with van der Waals surface area (Å²) >= 11 is 1.35. The number of furan rings is 1. The molecule has 142 valence electrons. The van der Waals surface area contributed by atoms with E-state index in [2.05, 4.69) is 15.3 Å². The molecule has 1 N–H and O–H groups in total. The van der Waals surface area contributed by atoms with Gasteiger partial charge < -0.3 is 14.6 Å². The fourth-order valence-corrected chi connectivity index (χ4v) is 3.75. The smallest absolute Gasteiger partial charge is 0.234 e. The summed E-state index contributed by atoms with van der Waals surface area (Å²) in [6.07, 6.45) is 0. The summed E-state index contributed by atoms with van der Waals surface area (Å²) in [5, 5.41) is 4.55. The van der Waals surface area contributed by atoms with Crippen LogP contribution in [0.15, 0.2) is 58.0 Å². The largest absolute Gasteiger partial charge is 0.451 e. The Balaban J connectivity index is 1.51. The molecule has 0 radical (unpaired) electrons. The number of aromatic nitrogens is 2. The summed E-state index contributed by atoms with van der Waals surface area (Å²) < 4.78 is 5.94. The van der Waals surface area contributed by atoms with Gasteiger partial charge in [-0.2, -0.15) is 0 Å². The van der Waals surface area contributed by atoms with Crippen LogP contribution in [-0.4, -0.2) is 35.7 Å². The fourth-order valence-electron chi connectivity index (χ4n) is 2.94. The minimum Gasteiger partial charge on any atom is -0.451 e. The molecule has 0 bridgehead atoms. The number of aryl methyl sites for hydroxylation is 1. The highest BCUT2D eigenvalue weighted by molar-refractivity contribution is 8.00. The minimum absolute atomic E-state index is 0.0943. The lowest BCUT2D eigenvalue weighted by Gasteiger charge is -2.13. The molecule has 4 rings (SSSR count). The fraction of sp³-hybridized carbons (Fsp3) is 0.190. The van der Waals surface area contributed by atoms with E-state index in [-0.39, 0.29) is 11.7 Å². The van der Waals surface area contributed by atoms with Gasteiger partial charge in [0, 0.05) is 30.9 Å². The summed E-state index contributed by atoms with van der Waals surface area (Å²) in [7, 11) is 3.96. The Morgan fingerprint density at radius 3 is 2.61 bits per heavy atom. The van der Waals surface area contributed by atoms with Gasteiger partial charge in [-0.15, -0.1) is 0 Å². The molecule has 0 spiro atoms. The standard InChI is InChI=1S/C21H20N4O2S/c1-13-22-19-16-6-4-5-7-17(16)27-20(19)21(23-13)28-12-18(26)24-14-8-10-15(11-9-14)25(2)3/h4-11H,12H2,1-3H3,(H,24,26). The van der Waals surface area contributed by atoms with Crippen LogP contribution in [0.5, 0.6) is 0 Å². The molecule has 0 saturated heterocycles. The molecular weight excluding hydrogens is 372 g/mol. The van der Waals surface area contributed by atoms with E-state index >= 15 is 0 Å². The molecule has 0 aliphatic carbocycles. The Labute approximate surface area is 167 Å².